The lowest BCUT2D eigenvalue weighted by molar-refractivity contribution is 0.0950. The molecule has 2 aliphatic rings. The maximum absolute atomic E-state index is 12.8. The van der Waals surface area contributed by atoms with Crippen LogP contribution in [0.2, 0.25) is 0 Å². The molecule has 4 heteroatoms. The SMILES string of the molecule is CC(C)CNC(=O)c1cn(CCCN2C3CCC2CC(CCc2ccccc2)C3)c2ccccc12. The second-order valence-electron chi connectivity index (χ2n) is 11.2. The molecule has 0 spiro atoms. The summed E-state index contributed by atoms with van der Waals surface area (Å²) in [6.45, 7) is 7.10. The lowest BCUT2D eigenvalue weighted by atomic mass is 9.86. The van der Waals surface area contributed by atoms with Crippen LogP contribution in [0.15, 0.2) is 60.8 Å². The summed E-state index contributed by atoms with van der Waals surface area (Å²) in [7, 11) is 0. The van der Waals surface area contributed by atoms with Gasteiger partial charge in [-0.05, 0) is 68.4 Å². The van der Waals surface area contributed by atoms with E-state index in [2.05, 4.69) is 83.4 Å². The van der Waals surface area contributed by atoms with Gasteiger partial charge < -0.3 is 9.88 Å². The topological polar surface area (TPSA) is 37.3 Å². The molecule has 3 heterocycles. The van der Waals surface area contributed by atoms with Crippen LogP contribution in [0.5, 0.6) is 0 Å². The third-order valence-electron chi connectivity index (χ3n) is 8.19. The van der Waals surface area contributed by atoms with E-state index in [4.69, 9.17) is 0 Å². The molecule has 5 rings (SSSR count). The normalized spacial score (nSPS) is 22.2. The van der Waals surface area contributed by atoms with Crippen molar-refractivity contribution in [2.75, 3.05) is 13.1 Å². The highest BCUT2D eigenvalue weighted by atomic mass is 16.1. The Balaban J connectivity index is 1.16. The Hall–Kier alpha value is -2.59. The average Bonchev–Trinajstić information content (AvgIpc) is 3.35. The largest absolute Gasteiger partial charge is 0.352 e. The number of nitrogens with one attached hydrogen (secondary N) is 1. The number of para-hydroxylation sites is 1. The molecule has 0 saturated carbocycles. The number of aryl methyl sites for hydroxylation is 2. The molecule has 2 bridgehead atoms. The Labute approximate surface area is 210 Å². The van der Waals surface area contributed by atoms with Crippen molar-refractivity contribution in [1.29, 1.82) is 0 Å². The molecule has 1 aromatic heterocycles. The minimum atomic E-state index is 0.0456. The molecule has 3 aromatic rings. The van der Waals surface area contributed by atoms with Crippen molar-refractivity contribution in [3.63, 3.8) is 0 Å². The van der Waals surface area contributed by atoms with Crippen LogP contribution < -0.4 is 5.32 Å². The number of carbonyl (C=O) groups excluding carboxylic acids is 1. The zero-order valence-electron chi connectivity index (χ0n) is 21.5. The van der Waals surface area contributed by atoms with E-state index in [1.165, 1.54) is 56.1 Å². The molecular weight excluding hydrogens is 430 g/mol. The van der Waals surface area contributed by atoms with Crippen molar-refractivity contribution in [3.05, 3.63) is 71.9 Å². The van der Waals surface area contributed by atoms with Gasteiger partial charge in [0.05, 0.1) is 5.56 Å². The second-order valence-corrected chi connectivity index (χ2v) is 11.2. The highest BCUT2D eigenvalue weighted by Crippen LogP contribution is 2.40. The monoisotopic (exact) mass is 471 g/mol. The number of amides is 1. The molecule has 2 unspecified atom stereocenters. The van der Waals surface area contributed by atoms with Gasteiger partial charge in [0.25, 0.3) is 5.91 Å². The summed E-state index contributed by atoms with van der Waals surface area (Å²) >= 11 is 0. The Bertz CT molecular complexity index is 1100. The molecule has 2 fully saturated rings. The zero-order chi connectivity index (χ0) is 24.2. The maximum atomic E-state index is 12.8. The summed E-state index contributed by atoms with van der Waals surface area (Å²) in [4.78, 5) is 15.7. The van der Waals surface area contributed by atoms with Crippen molar-refractivity contribution < 1.29 is 4.79 Å². The van der Waals surface area contributed by atoms with E-state index in [1.807, 2.05) is 6.07 Å². The van der Waals surface area contributed by atoms with Crippen molar-refractivity contribution in [2.24, 2.45) is 11.8 Å². The van der Waals surface area contributed by atoms with E-state index in [0.717, 1.165) is 41.9 Å². The molecule has 2 aromatic carbocycles. The van der Waals surface area contributed by atoms with E-state index >= 15 is 0 Å². The first-order valence-electron chi connectivity index (χ1n) is 13.7. The third kappa shape index (κ3) is 5.64. The number of fused-ring (bicyclic) bond motifs is 3. The van der Waals surface area contributed by atoms with Crippen molar-refractivity contribution in [3.8, 4) is 0 Å². The number of aromatic nitrogens is 1. The zero-order valence-corrected chi connectivity index (χ0v) is 21.5. The van der Waals surface area contributed by atoms with Crippen LogP contribution in [0, 0.1) is 11.8 Å². The van der Waals surface area contributed by atoms with E-state index in [0.29, 0.717) is 12.5 Å². The van der Waals surface area contributed by atoms with E-state index in [9.17, 15) is 4.79 Å². The summed E-state index contributed by atoms with van der Waals surface area (Å²) in [5.41, 5.74) is 3.46. The van der Waals surface area contributed by atoms with Gasteiger partial charge in [0.2, 0.25) is 0 Å². The Morgan fingerprint density at radius 3 is 2.43 bits per heavy atom. The van der Waals surface area contributed by atoms with Crippen molar-refractivity contribution in [2.45, 2.75) is 77.4 Å². The Morgan fingerprint density at radius 1 is 0.971 bits per heavy atom. The maximum Gasteiger partial charge on any atom is 0.253 e. The van der Waals surface area contributed by atoms with Gasteiger partial charge in [-0.15, -0.1) is 0 Å². The number of benzene rings is 2. The molecule has 186 valence electrons. The fourth-order valence-corrected chi connectivity index (χ4v) is 6.43. The Kier molecular flexibility index (Phi) is 7.57. The predicted octanol–water partition coefficient (Wildman–Crippen LogP) is 6.29. The highest BCUT2D eigenvalue weighted by molar-refractivity contribution is 6.07. The Morgan fingerprint density at radius 2 is 1.69 bits per heavy atom. The van der Waals surface area contributed by atoms with Crippen LogP contribution in [0.25, 0.3) is 10.9 Å². The predicted molar refractivity (Wildman–Crippen MR) is 145 cm³/mol. The number of carbonyl (C=O) groups is 1. The minimum absolute atomic E-state index is 0.0456. The molecule has 35 heavy (non-hydrogen) atoms. The molecular formula is C31H41N3O. The second kappa shape index (κ2) is 11.0. The van der Waals surface area contributed by atoms with Crippen LogP contribution in [-0.4, -0.2) is 40.5 Å². The van der Waals surface area contributed by atoms with Crippen molar-refractivity contribution >= 4 is 16.8 Å². The van der Waals surface area contributed by atoms with Crippen LogP contribution in [-0.2, 0) is 13.0 Å². The van der Waals surface area contributed by atoms with Gasteiger partial charge in [-0.1, -0.05) is 62.4 Å². The first-order valence-corrected chi connectivity index (χ1v) is 13.7. The molecule has 0 aliphatic carbocycles. The van der Waals surface area contributed by atoms with Crippen LogP contribution >= 0.6 is 0 Å². The molecule has 1 amide bonds. The van der Waals surface area contributed by atoms with Gasteiger partial charge >= 0.3 is 0 Å². The fourth-order valence-electron chi connectivity index (χ4n) is 6.43. The number of hydrogen-bond donors (Lipinski definition) is 1. The molecule has 2 saturated heterocycles. The molecule has 1 N–H and O–H groups in total. The number of piperidine rings is 1. The number of rotatable bonds is 10. The van der Waals surface area contributed by atoms with Gasteiger partial charge in [0.1, 0.15) is 0 Å². The lowest BCUT2D eigenvalue weighted by Gasteiger charge is -2.39. The van der Waals surface area contributed by atoms with Gasteiger partial charge in [-0.2, -0.15) is 0 Å². The van der Waals surface area contributed by atoms with Crippen LogP contribution in [0.4, 0.5) is 0 Å². The smallest absolute Gasteiger partial charge is 0.253 e. The standard InChI is InChI=1S/C31H41N3O/c1-23(2)21-32-31(35)29-22-33(30-12-7-6-11-28(29)30)17-8-18-34-26-15-16-27(34)20-25(19-26)14-13-24-9-4-3-5-10-24/h3-7,9-12,22-23,25-27H,8,13-21H2,1-2H3,(H,32,35). The fraction of sp³-hybridized carbons (Fsp3) is 0.516. The highest BCUT2D eigenvalue weighted by Gasteiger charge is 2.39. The van der Waals surface area contributed by atoms with Crippen molar-refractivity contribution in [1.82, 2.24) is 14.8 Å². The summed E-state index contributed by atoms with van der Waals surface area (Å²) in [5.74, 6) is 1.37. The number of hydrogen-bond acceptors (Lipinski definition) is 2. The van der Waals surface area contributed by atoms with E-state index < -0.39 is 0 Å². The summed E-state index contributed by atoms with van der Waals surface area (Å²) < 4.78 is 2.30. The van der Waals surface area contributed by atoms with E-state index in [1.54, 1.807) is 0 Å². The van der Waals surface area contributed by atoms with Gasteiger partial charge in [0.15, 0.2) is 0 Å². The number of nitrogens with zero attached hydrogens (tertiary/aromatic N) is 2. The first-order chi connectivity index (χ1) is 17.1. The first kappa shape index (κ1) is 24.1. The molecule has 0 radical (unpaired) electrons. The lowest BCUT2D eigenvalue weighted by Crippen LogP contribution is -2.43. The van der Waals surface area contributed by atoms with Gasteiger partial charge in [0, 0.05) is 48.8 Å². The summed E-state index contributed by atoms with van der Waals surface area (Å²) in [5, 5.41) is 4.16. The van der Waals surface area contributed by atoms with Crippen LogP contribution in [0.3, 0.4) is 0 Å². The third-order valence-corrected chi connectivity index (χ3v) is 8.19. The summed E-state index contributed by atoms with van der Waals surface area (Å²) in [6.07, 6.45) is 11.3. The minimum Gasteiger partial charge on any atom is -0.352 e. The summed E-state index contributed by atoms with van der Waals surface area (Å²) in [6, 6.07) is 20.9. The van der Waals surface area contributed by atoms with E-state index in [-0.39, 0.29) is 5.91 Å². The quantitative estimate of drug-likeness (QED) is 0.377. The average molecular weight is 472 g/mol. The van der Waals surface area contributed by atoms with Crippen LogP contribution in [0.1, 0.15) is 68.3 Å². The molecule has 4 nitrogen and oxygen atoms in total. The molecule has 2 atom stereocenters. The van der Waals surface area contributed by atoms with Gasteiger partial charge in [-0.3, -0.25) is 9.69 Å². The molecule has 2 aliphatic heterocycles. The van der Waals surface area contributed by atoms with Gasteiger partial charge in [-0.25, -0.2) is 0 Å².